The molecular weight excluding hydrogens is 528 g/mol. The van der Waals surface area contributed by atoms with Crippen LogP contribution >= 0.6 is 11.6 Å². The molecule has 3 atom stereocenters. The van der Waals surface area contributed by atoms with E-state index in [4.69, 9.17) is 22.1 Å². The number of pyridine rings is 1. The van der Waals surface area contributed by atoms with Crippen molar-refractivity contribution >= 4 is 29.4 Å². The number of halogens is 1. The van der Waals surface area contributed by atoms with Crippen LogP contribution in [0, 0.1) is 38.0 Å². The number of hydrogen-bond donors (Lipinski definition) is 1. The Morgan fingerprint density at radius 2 is 1.70 bits per heavy atom. The second-order valence-electron chi connectivity index (χ2n) is 12.0. The van der Waals surface area contributed by atoms with Gasteiger partial charge in [-0.1, -0.05) is 36.9 Å². The highest BCUT2D eigenvalue weighted by Gasteiger charge is 2.54. The topological polar surface area (TPSA) is 106 Å². The predicted molar refractivity (Wildman–Crippen MR) is 153 cm³/mol. The fourth-order valence-corrected chi connectivity index (χ4v) is 7.36. The monoisotopic (exact) mass is 566 g/mol. The van der Waals surface area contributed by atoms with Crippen molar-refractivity contribution < 1.29 is 19.1 Å². The van der Waals surface area contributed by atoms with E-state index >= 15 is 0 Å². The summed E-state index contributed by atoms with van der Waals surface area (Å²) in [5.41, 5.74) is 8.24. The second kappa shape index (κ2) is 11.5. The first-order chi connectivity index (χ1) is 19.1. The van der Waals surface area contributed by atoms with E-state index in [-0.39, 0.29) is 36.2 Å². The number of fused-ring (bicyclic) bond motifs is 1. The maximum atomic E-state index is 14.0. The van der Waals surface area contributed by atoms with Gasteiger partial charge in [-0.3, -0.25) is 24.3 Å². The highest BCUT2D eigenvalue weighted by atomic mass is 35.5. The van der Waals surface area contributed by atoms with Gasteiger partial charge in [-0.2, -0.15) is 0 Å². The van der Waals surface area contributed by atoms with Crippen molar-refractivity contribution in [1.29, 1.82) is 0 Å². The van der Waals surface area contributed by atoms with Crippen LogP contribution in [0.15, 0.2) is 30.5 Å². The molecule has 214 valence electrons. The van der Waals surface area contributed by atoms with Crippen LogP contribution in [0.25, 0.3) is 0 Å². The summed E-state index contributed by atoms with van der Waals surface area (Å²) in [6.45, 7) is 8.44. The lowest BCUT2D eigenvalue weighted by Gasteiger charge is -2.45. The van der Waals surface area contributed by atoms with Crippen molar-refractivity contribution in [3.05, 3.63) is 57.9 Å². The second-order valence-corrected chi connectivity index (χ2v) is 12.4. The van der Waals surface area contributed by atoms with Crippen molar-refractivity contribution in [3.63, 3.8) is 0 Å². The summed E-state index contributed by atoms with van der Waals surface area (Å²) < 4.78 is 5.97. The number of aryl methyl sites for hydroxylation is 3. The standard InChI is InChI=1S/C31H39ClN4O4/c1-19-7-8-24(13-25(19)32)40-30(39)31(10-5-4-6-11-31)26(14-27(33)37)35-15-22-17-36(18-23(22)16-35)29(38)28-20(2)9-12-34-21(28)3/h7-9,12-13,22-23,26H,4-6,10-11,14-18H2,1-3H3,(H2,33,37). The predicted octanol–water partition coefficient (Wildman–Crippen LogP) is 4.46. The molecule has 1 saturated carbocycles. The van der Waals surface area contributed by atoms with Crippen LogP contribution in [-0.2, 0) is 9.59 Å². The van der Waals surface area contributed by atoms with Crippen molar-refractivity contribution in [3.8, 4) is 5.75 Å². The van der Waals surface area contributed by atoms with Gasteiger partial charge < -0.3 is 15.4 Å². The molecule has 1 aromatic carbocycles. The van der Waals surface area contributed by atoms with Gasteiger partial charge in [-0.15, -0.1) is 0 Å². The van der Waals surface area contributed by atoms with E-state index < -0.39 is 11.3 Å². The number of likely N-dealkylation sites (tertiary alicyclic amines) is 2. The molecule has 3 fully saturated rings. The Labute approximate surface area is 241 Å². The molecular formula is C31H39ClN4O4. The fraction of sp³-hybridized carbons (Fsp3) is 0.548. The van der Waals surface area contributed by atoms with E-state index in [1.165, 1.54) is 0 Å². The van der Waals surface area contributed by atoms with Crippen LogP contribution in [0.3, 0.4) is 0 Å². The molecule has 3 heterocycles. The lowest BCUT2D eigenvalue weighted by atomic mass is 9.67. The first kappa shape index (κ1) is 28.6. The smallest absolute Gasteiger partial charge is 0.319 e. The van der Waals surface area contributed by atoms with Gasteiger partial charge in [-0.25, -0.2) is 0 Å². The third kappa shape index (κ3) is 5.48. The average Bonchev–Trinajstić information content (AvgIpc) is 3.49. The van der Waals surface area contributed by atoms with Gasteiger partial charge in [0.2, 0.25) is 5.91 Å². The van der Waals surface area contributed by atoms with Gasteiger partial charge in [-0.05, 0) is 74.8 Å². The normalized spacial score (nSPS) is 23.1. The third-order valence-corrected chi connectivity index (χ3v) is 9.75. The molecule has 8 nitrogen and oxygen atoms in total. The maximum absolute atomic E-state index is 14.0. The molecule has 3 aliphatic rings. The Bertz CT molecular complexity index is 1270. The molecule has 0 bridgehead atoms. The molecule has 1 aromatic heterocycles. The molecule has 40 heavy (non-hydrogen) atoms. The summed E-state index contributed by atoms with van der Waals surface area (Å²) in [4.78, 5) is 48.4. The van der Waals surface area contributed by atoms with E-state index in [1.54, 1.807) is 18.3 Å². The number of carbonyl (C=O) groups is 3. The minimum atomic E-state index is -0.831. The van der Waals surface area contributed by atoms with Crippen LogP contribution in [-0.4, -0.2) is 64.8 Å². The molecule has 2 amide bonds. The number of amides is 2. The number of hydrogen-bond acceptors (Lipinski definition) is 6. The SMILES string of the molecule is Cc1ccc(OC(=O)C2(C(CC(N)=O)N3CC4CN(C(=O)c5c(C)ccnc5C)CC4C3)CCCCC2)cc1Cl. The van der Waals surface area contributed by atoms with Gasteiger partial charge in [0.25, 0.3) is 5.91 Å². The quantitative estimate of drug-likeness (QED) is 0.392. The number of carbonyl (C=O) groups excluding carboxylic acids is 3. The molecule has 0 spiro atoms. The molecule has 2 aromatic rings. The number of aromatic nitrogens is 1. The number of nitrogens with two attached hydrogens (primary N) is 1. The zero-order chi connectivity index (χ0) is 28.6. The van der Waals surface area contributed by atoms with E-state index in [0.29, 0.717) is 55.4 Å². The van der Waals surface area contributed by atoms with E-state index in [9.17, 15) is 14.4 Å². The minimum Gasteiger partial charge on any atom is -0.426 e. The highest BCUT2D eigenvalue weighted by molar-refractivity contribution is 6.31. The Morgan fingerprint density at radius 3 is 2.30 bits per heavy atom. The summed E-state index contributed by atoms with van der Waals surface area (Å²) in [5, 5.41) is 0.542. The van der Waals surface area contributed by atoms with Crippen molar-refractivity contribution in [2.45, 2.75) is 65.3 Å². The lowest BCUT2D eigenvalue weighted by Crippen LogP contribution is -2.55. The molecule has 0 radical (unpaired) electrons. The molecule has 2 saturated heterocycles. The summed E-state index contributed by atoms with van der Waals surface area (Å²) >= 11 is 6.31. The zero-order valence-corrected chi connectivity index (χ0v) is 24.4. The van der Waals surface area contributed by atoms with Crippen molar-refractivity contribution in [2.75, 3.05) is 26.2 Å². The van der Waals surface area contributed by atoms with E-state index in [1.807, 2.05) is 37.8 Å². The maximum Gasteiger partial charge on any atom is 0.319 e. The molecule has 9 heteroatoms. The van der Waals surface area contributed by atoms with Crippen LogP contribution in [0.4, 0.5) is 0 Å². The van der Waals surface area contributed by atoms with Gasteiger partial charge in [0.15, 0.2) is 0 Å². The number of benzene rings is 1. The van der Waals surface area contributed by atoms with Crippen LogP contribution in [0.1, 0.15) is 65.7 Å². The van der Waals surface area contributed by atoms with Crippen LogP contribution in [0.2, 0.25) is 5.02 Å². The van der Waals surface area contributed by atoms with E-state index in [2.05, 4.69) is 9.88 Å². The van der Waals surface area contributed by atoms with Crippen LogP contribution in [0.5, 0.6) is 5.75 Å². The summed E-state index contributed by atoms with van der Waals surface area (Å²) in [6, 6.07) is 6.79. The number of nitrogens with zero attached hydrogens (tertiary/aromatic N) is 3. The van der Waals surface area contributed by atoms with Crippen LogP contribution < -0.4 is 10.5 Å². The average molecular weight is 567 g/mol. The first-order valence-electron chi connectivity index (χ1n) is 14.3. The minimum absolute atomic E-state index is 0.0295. The summed E-state index contributed by atoms with van der Waals surface area (Å²) in [5.74, 6) is 0.249. The first-order valence-corrected chi connectivity index (χ1v) is 14.7. The summed E-state index contributed by atoms with van der Waals surface area (Å²) in [6.07, 6.45) is 5.97. The Morgan fingerprint density at radius 1 is 1.02 bits per heavy atom. The highest BCUT2D eigenvalue weighted by Crippen LogP contribution is 2.46. The number of esters is 1. The zero-order valence-electron chi connectivity index (χ0n) is 23.6. The third-order valence-electron chi connectivity index (χ3n) is 9.34. The van der Waals surface area contributed by atoms with Gasteiger partial charge in [0, 0.05) is 49.9 Å². The largest absolute Gasteiger partial charge is 0.426 e. The van der Waals surface area contributed by atoms with Crippen molar-refractivity contribution in [1.82, 2.24) is 14.8 Å². The fourth-order valence-electron chi connectivity index (χ4n) is 7.19. The van der Waals surface area contributed by atoms with Gasteiger partial charge in [0.1, 0.15) is 5.75 Å². The van der Waals surface area contributed by atoms with Crippen molar-refractivity contribution in [2.24, 2.45) is 23.0 Å². The Hall–Kier alpha value is -2.97. The molecule has 2 aliphatic heterocycles. The lowest BCUT2D eigenvalue weighted by molar-refractivity contribution is -0.154. The molecule has 2 N–H and O–H groups in total. The number of primary amides is 1. The summed E-state index contributed by atoms with van der Waals surface area (Å²) in [7, 11) is 0. The Kier molecular flexibility index (Phi) is 8.20. The van der Waals surface area contributed by atoms with Gasteiger partial charge in [0.05, 0.1) is 16.7 Å². The van der Waals surface area contributed by atoms with Gasteiger partial charge >= 0.3 is 5.97 Å². The molecule has 5 rings (SSSR count). The molecule has 3 unspecified atom stereocenters. The molecule has 1 aliphatic carbocycles. The number of rotatable bonds is 7. The van der Waals surface area contributed by atoms with E-state index in [0.717, 1.165) is 36.1 Å². The number of ether oxygens (including phenoxy) is 1. The Balaban J connectivity index is 1.36.